The molecule has 1 unspecified atom stereocenters. The fourth-order valence-electron chi connectivity index (χ4n) is 2.92. The van der Waals surface area contributed by atoms with E-state index >= 15 is 0 Å². The van der Waals surface area contributed by atoms with E-state index < -0.39 is 0 Å². The molecule has 0 aromatic carbocycles. The topological polar surface area (TPSA) is 62.3 Å². The Labute approximate surface area is 166 Å². The van der Waals surface area contributed by atoms with E-state index in [0.717, 1.165) is 30.1 Å². The molecule has 1 N–H and O–H groups in total. The highest BCUT2D eigenvalue weighted by atomic mass is 35.5. The van der Waals surface area contributed by atoms with Crippen molar-refractivity contribution in [2.45, 2.75) is 39.2 Å². The van der Waals surface area contributed by atoms with Crippen molar-refractivity contribution in [2.24, 2.45) is 5.92 Å². The molecule has 1 aliphatic heterocycles. The van der Waals surface area contributed by atoms with Crippen LogP contribution >= 0.6 is 34.3 Å². The molecule has 1 saturated heterocycles. The van der Waals surface area contributed by atoms with Gasteiger partial charge in [-0.2, -0.15) is 0 Å². The van der Waals surface area contributed by atoms with Gasteiger partial charge in [-0.05, 0) is 25.0 Å². The lowest BCUT2D eigenvalue weighted by molar-refractivity contribution is -0.124. The van der Waals surface area contributed by atoms with Crippen molar-refractivity contribution in [3.8, 4) is 0 Å². The fourth-order valence-corrected chi connectivity index (χ4v) is 4.88. The third kappa shape index (κ3) is 4.64. The van der Waals surface area contributed by atoms with Gasteiger partial charge in [-0.3, -0.25) is 9.59 Å². The van der Waals surface area contributed by atoms with Crippen LogP contribution < -0.4 is 5.32 Å². The van der Waals surface area contributed by atoms with Crippen molar-refractivity contribution in [3.63, 3.8) is 0 Å². The summed E-state index contributed by atoms with van der Waals surface area (Å²) in [6, 6.07) is 3.55. The maximum Gasteiger partial charge on any atom is 0.263 e. The van der Waals surface area contributed by atoms with Crippen LogP contribution in [-0.4, -0.2) is 34.8 Å². The van der Waals surface area contributed by atoms with Crippen molar-refractivity contribution in [1.82, 2.24) is 15.2 Å². The molecule has 0 aliphatic carbocycles. The SMILES string of the molecule is CC(C)C(=O)NCc1csc(C2CCCN(C(=O)c3ccc(Cl)s3)C2)n1. The van der Waals surface area contributed by atoms with E-state index in [1.54, 1.807) is 23.5 Å². The van der Waals surface area contributed by atoms with Gasteiger partial charge in [0.25, 0.3) is 5.91 Å². The number of hydrogen-bond donors (Lipinski definition) is 1. The number of rotatable bonds is 5. The number of aromatic nitrogens is 1. The number of carbonyl (C=O) groups excluding carboxylic acids is 2. The molecule has 0 radical (unpaired) electrons. The molecule has 0 bridgehead atoms. The number of thiazole rings is 1. The second-order valence-corrected chi connectivity index (χ2v) is 9.35. The number of nitrogens with zero attached hydrogens (tertiary/aromatic N) is 2. The van der Waals surface area contributed by atoms with Crippen LogP contribution in [0.15, 0.2) is 17.5 Å². The second-order valence-electron chi connectivity index (χ2n) is 6.74. The van der Waals surface area contributed by atoms with Gasteiger partial charge in [0, 0.05) is 30.3 Å². The molecule has 3 rings (SSSR count). The molecule has 2 aromatic heterocycles. The van der Waals surface area contributed by atoms with Gasteiger partial charge in [0.1, 0.15) is 0 Å². The monoisotopic (exact) mass is 411 g/mol. The van der Waals surface area contributed by atoms with Crippen LogP contribution in [0.1, 0.15) is 53.0 Å². The van der Waals surface area contributed by atoms with Gasteiger partial charge in [0.2, 0.25) is 5.91 Å². The normalized spacial score (nSPS) is 17.5. The third-order valence-electron chi connectivity index (χ3n) is 4.38. The highest BCUT2D eigenvalue weighted by Crippen LogP contribution is 2.31. The van der Waals surface area contributed by atoms with Crippen LogP contribution in [0, 0.1) is 5.92 Å². The Morgan fingerprint density at radius 3 is 2.92 bits per heavy atom. The van der Waals surface area contributed by atoms with Gasteiger partial charge in [-0.15, -0.1) is 22.7 Å². The Bertz CT molecular complexity index is 787. The van der Waals surface area contributed by atoms with E-state index in [1.807, 2.05) is 24.1 Å². The summed E-state index contributed by atoms with van der Waals surface area (Å²) in [5.74, 6) is 0.302. The summed E-state index contributed by atoms with van der Waals surface area (Å²) in [7, 11) is 0. The first kappa shape index (κ1) is 19.3. The van der Waals surface area contributed by atoms with Gasteiger partial charge < -0.3 is 10.2 Å². The molecule has 3 heterocycles. The fraction of sp³-hybridized carbons (Fsp3) is 0.500. The van der Waals surface area contributed by atoms with Crippen molar-refractivity contribution < 1.29 is 9.59 Å². The lowest BCUT2D eigenvalue weighted by Crippen LogP contribution is -2.38. The first-order valence-corrected chi connectivity index (χ1v) is 10.8. The molecule has 1 fully saturated rings. The average Bonchev–Trinajstić information content (AvgIpc) is 3.28. The zero-order chi connectivity index (χ0) is 18.7. The molecular weight excluding hydrogens is 390 g/mol. The lowest BCUT2D eigenvalue weighted by Gasteiger charge is -2.31. The predicted molar refractivity (Wildman–Crippen MR) is 106 cm³/mol. The molecule has 2 amide bonds. The summed E-state index contributed by atoms with van der Waals surface area (Å²) in [5.41, 5.74) is 0.882. The third-order valence-corrected chi connectivity index (χ3v) is 6.65. The minimum Gasteiger partial charge on any atom is -0.350 e. The smallest absolute Gasteiger partial charge is 0.263 e. The number of nitrogens with one attached hydrogen (secondary N) is 1. The summed E-state index contributed by atoms with van der Waals surface area (Å²) in [6.45, 7) is 5.65. The molecule has 140 valence electrons. The van der Waals surface area contributed by atoms with Crippen LogP contribution in [0.5, 0.6) is 0 Å². The molecule has 2 aromatic rings. The standard InChI is InChI=1S/C18H22ClN3O2S2/c1-11(2)16(23)20-8-13-10-25-17(21-13)12-4-3-7-22(9-12)18(24)14-5-6-15(19)26-14/h5-6,10-12H,3-4,7-9H2,1-2H3,(H,20,23). The van der Waals surface area contributed by atoms with E-state index in [0.29, 0.717) is 22.3 Å². The number of halogens is 1. The van der Waals surface area contributed by atoms with E-state index in [9.17, 15) is 9.59 Å². The number of piperidine rings is 1. The Balaban J connectivity index is 1.61. The number of likely N-dealkylation sites (tertiary alicyclic amines) is 1. The predicted octanol–water partition coefficient (Wildman–Crippen LogP) is 4.15. The van der Waals surface area contributed by atoms with Crippen molar-refractivity contribution in [1.29, 1.82) is 0 Å². The van der Waals surface area contributed by atoms with E-state index in [-0.39, 0.29) is 23.7 Å². The number of thiophene rings is 1. The Morgan fingerprint density at radius 2 is 2.23 bits per heavy atom. The first-order chi connectivity index (χ1) is 12.4. The highest BCUT2D eigenvalue weighted by Gasteiger charge is 2.28. The minimum absolute atomic E-state index is 0.0308. The Kier molecular flexibility index (Phi) is 6.32. The molecule has 0 spiro atoms. The van der Waals surface area contributed by atoms with Gasteiger partial charge in [-0.25, -0.2) is 4.98 Å². The van der Waals surface area contributed by atoms with Crippen LogP contribution in [0.4, 0.5) is 0 Å². The van der Waals surface area contributed by atoms with Gasteiger partial charge in [0.15, 0.2) is 0 Å². The van der Waals surface area contributed by atoms with Crippen molar-refractivity contribution in [3.05, 3.63) is 37.4 Å². The zero-order valence-corrected chi connectivity index (χ0v) is 17.2. The van der Waals surface area contributed by atoms with Gasteiger partial charge >= 0.3 is 0 Å². The molecule has 1 atom stereocenters. The molecule has 26 heavy (non-hydrogen) atoms. The van der Waals surface area contributed by atoms with Gasteiger partial charge in [-0.1, -0.05) is 25.4 Å². The van der Waals surface area contributed by atoms with Crippen LogP contribution in [-0.2, 0) is 11.3 Å². The number of amides is 2. The van der Waals surface area contributed by atoms with E-state index in [4.69, 9.17) is 11.6 Å². The summed E-state index contributed by atoms with van der Waals surface area (Å²) in [6.07, 6.45) is 1.99. The number of carbonyl (C=O) groups is 2. The summed E-state index contributed by atoms with van der Waals surface area (Å²) < 4.78 is 0.634. The minimum atomic E-state index is -0.0308. The summed E-state index contributed by atoms with van der Waals surface area (Å²) in [4.78, 5) is 31.6. The quantitative estimate of drug-likeness (QED) is 0.803. The maximum absolute atomic E-state index is 12.6. The second kappa shape index (κ2) is 8.50. The van der Waals surface area contributed by atoms with E-state index in [1.165, 1.54) is 11.3 Å². The largest absolute Gasteiger partial charge is 0.350 e. The molecule has 1 aliphatic rings. The summed E-state index contributed by atoms with van der Waals surface area (Å²) in [5, 5.41) is 5.93. The summed E-state index contributed by atoms with van der Waals surface area (Å²) >= 11 is 8.89. The zero-order valence-electron chi connectivity index (χ0n) is 14.8. The lowest BCUT2D eigenvalue weighted by atomic mass is 9.98. The Hall–Kier alpha value is -1.44. The van der Waals surface area contributed by atoms with Gasteiger partial charge in [0.05, 0.1) is 26.5 Å². The van der Waals surface area contributed by atoms with E-state index in [2.05, 4.69) is 10.3 Å². The molecular formula is C18H22ClN3O2S2. The maximum atomic E-state index is 12.6. The average molecular weight is 412 g/mol. The van der Waals surface area contributed by atoms with Crippen molar-refractivity contribution in [2.75, 3.05) is 13.1 Å². The highest BCUT2D eigenvalue weighted by molar-refractivity contribution is 7.18. The number of hydrogen-bond acceptors (Lipinski definition) is 5. The molecule has 5 nitrogen and oxygen atoms in total. The molecule has 0 saturated carbocycles. The van der Waals surface area contributed by atoms with Crippen molar-refractivity contribution >= 4 is 46.1 Å². The first-order valence-electron chi connectivity index (χ1n) is 8.70. The van der Waals surface area contributed by atoms with Crippen LogP contribution in [0.25, 0.3) is 0 Å². The molecule has 8 heteroatoms. The van der Waals surface area contributed by atoms with Crippen LogP contribution in [0.2, 0.25) is 4.34 Å². The van der Waals surface area contributed by atoms with Crippen LogP contribution in [0.3, 0.4) is 0 Å². The Morgan fingerprint density at radius 1 is 1.42 bits per heavy atom.